The molecule has 0 saturated carbocycles. The normalized spacial score (nSPS) is 11.9. The summed E-state index contributed by atoms with van der Waals surface area (Å²) in [5, 5.41) is 3.37. The van der Waals surface area contributed by atoms with Gasteiger partial charge in [-0.3, -0.25) is 9.59 Å². The van der Waals surface area contributed by atoms with Gasteiger partial charge in [-0.15, -0.1) is 11.8 Å². The molecule has 8 heteroatoms. The first-order valence-corrected chi connectivity index (χ1v) is 9.77. The van der Waals surface area contributed by atoms with E-state index >= 15 is 0 Å². The van der Waals surface area contributed by atoms with Crippen LogP contribution in [0.3, 0.4) is 0 Å². The molecule has 0 radical (unpaired) electrons. The SMILES string of the molecule is O=C(COC(=O)CSCc1ccccc1Cl)NCc1ccc2c(c1)OCO2. The van der Waals surface area contributed by atoms with Crippen LogP contribution in [0.2, 0.25) is 5.02 Å². The molecule has 3 rings (SSSR count). The number of rotatable bonds is 8. The van der Waals surface area contributed by atoms with Crippen LogP contribution in [0.25, 0.3) is 0 Å². The molecular weight excluding hydrogens is 390 g/mol. The number of carbonyl (C=O) groups excluding carboxylic acids is 2. The number of amides is 1. The van der Waals surface area contributed by atoms with E-state index in [1.807, 2.05) is 24.3 Å². The Labute approximate surface area is 166 Å². The number of fused-ring (bicyclic) bond motifs is 1. The third-order valence-electron chi connectivity index (χ3n) is 3.73. The van der Waals surface area contributed by atoms with Gasteiger partial charge in [-0.2, -0.15) is 0 Å². The molecule has 0 spiro atoms. The third-order valence-corrected chi connectivity index (χ3v) is 5.05. The van der Waals surface area contributed by atoms with Crippen molar-refractivity contribution in [2.45, 2.75) is 12.3 Å². The maximum atomic E-state index is 11.8. The molecule has 0 bridgehead atoms. The summed E-state index contributed by atoms with van der Waals surface area (Å²) >= 11 is 7.45. The zero-order valence-corrected chi connectivity index (χ0v) is 16.0. The Balaban J connectivity index is 1.32. The van der Waals surface area contributed by atoms with Gasteiger partial charge < -0.3 is 19.5 Å². The molecule has 0 aliphatic carbocycles. The monoisotopic (exact) mass is 407 g/mol. The minimum Gasteiger partial charge on any atom is -0.455 e. The molecule has 2 aromatic rings. The van der Waals surface area contributed by atoms with Crippen molar-refractivity contribution in [3.8, 4) is 11.5 Å². The molecule has 142 valence electrons. The first kappa shape index (κ1) is 19.4. The summed E-state index contributed by atoms with van der Waals surface area (Å²) in [6.45, 7) is 0.208. The molecule has 27 heavy (non-hydrogen) atoms. The highest BCUT2D eigenvalue weighted by atomic mass is 35.5. The van der Waals surface area contributed by atoms with Crippen LogP contribution in [0.4, 0.5) is 0 Å². The molecular formula is C19H18ClNO5S. The highest BCUT2D eigenvalue weighted by molar-refractivity contribution is 7.99. The summed E-state index contributed by atoms with van der Waals surface area (Å²) in [4.78, 5) is 23.6. The van der Waals surface area contributed by atoms with Gasteiger partial charge in [-0.05, 0) is 29.3 Å². The van der Waals surface area contributed by atoms with Crippen LogP contribution in [0, 0.1) is 0 Å². The van der Waals surface area contributed by atoms with Crippen molar-refractivity contribution < 1.29 is 23.8 Å². The molecule has 0 aromatic heterocycles. The number of hydrogen-bond acceptors (Lipinski definition) is 6. The van der Waals surface area contributed by atoms with Crippen LogP contribution in [-0.4, -0.2) is 31.0 Å². The molecule has 2 aromatic carbocycles. The van der Waals surface area contributed by atoms with Crippen molar-refractivity contribution in [3.05, 3.63) is 58.6 Å². The Morgan fingerprint density at radius 3 is 2.81 bits per heavy atom. The fourth-order valence-corrected chi connectivity index (χ4v) is 3.46. The molecule has 6 nitrogen and oxygen atoms in total. The summed E-state index contributed by atoms with van der Waals surface area (Å²) in [5.74, 6) is 1.30. The molecule has 1 heterocycles. The Bertz CT molecular complexity index is 829. The quantitative estimate of drug-likeness (QED) is 0.677. The maximum Gasteiger partial charge on any atom is 0.316 e. The number of carbonyl (C=O) groups is 2. The fraction of sp³-hybridized carbons (Fsp3) is 0.263. The number of thioether (sulfide) groups is 1. The van der Waals surface area contributed by atoms with Gasteiger partial charge in [0.25, 0.3) is 5.91 Å². The Hall–Kier alpha value is -2.38. The van der Waals surface area contributed by atoms with Crippen LogP contribution in [-0.2, 0) is 26.6 Å². The van der Waals surface area contributed by atoms with Crippen molar-refractivity contribution in [1.29, 1.82) is 0 Å². The van der Waals surface area contributed by atoms with Gasteiger partial charge in [0.15, 0.2) is 18.1 Å². The van der Waals surface area contributed by atoms with Crippen LogP contribution in [0.15, 0.2) is 42.5 Å². The number of esters is 1. The molecule has 0 saturated heterocycles. The van der Waals surface area contributed by atoms with Crippen molar-refractivity contribution in [2.75, 3.05) is 19.2 Å². The van der Waals surface area contributed by atoms with Gasteiger partial charge >= 0.3 is 5.97 Å². The van der Waals surface area contributed by atoms with E-state index in [0.29, 0.717) is 28.8 Å². The van der Waals surface area contributed by atoms with E-state index in [1.165, 1.54) is 11.8 Å². The predicted octanol–water partition coefficient (Wildman–Crippen LogP) is 3.16. The van der Waals surface area contributed by atoms with E-state index in [4.69, 9.17) is 25.8 Å². The lowest BCUT2D eigenvalue weighted by atomic mass is 10.2. The van der Waals surface area contributed by atoms with E-state index in [2.05, 4.69) is 5.32 Å². The van der Waals surface area contributed by atoms with E-state index in [1.54, 1.807) is 18.2 Å². The Morgan fingerprint density at radius 1 is 1.15 bits per heavy atom. The lowest BCUT2D eigenvalue weighted by Gasteiger charge is -2.08. The van der Waals surface area contributed by atoms with Gasteiger partial charge in [0.2, 0.25) is 6.79 Å². The predicted molar refractivity (Wildman–Crippen MR) is 103 cm³/mol. The average Bonchev–Trinajstić information content (AvgIpc) is 3.14. The lowest BCUT2D eigenvalue weighted by molar-refractivity contribution is -0.145. The molecule has 1 amide bonds. The van der Waals surface area contributed by atoms with Gasteiger partial charge in [0.1, 0.15) is 0 Å². The highest BCUT2D eigenvalue weighted by Crippen LogP contribution is 2.32. The zero-order valence-electron chi connectivity index (χ0n) is 14.4. The molecule has 1 aliphatic rings. The van der Waals surface area contributed by atoms with Crippen molar-refractivity contribution in [2.24, 2.45) is 0 Å². The second-order valence-electron chi connectivity index (χ2n) is 5.71. The zero-order chi connectivity index (χ0) is 19.1. The number of ether oxygens (including phenoxy) is 3. The maximum absolute atomic E-state index is 11.8. The molecule has 1 N–H and O–H groups in total. The van der Waals surface area contributed by atoms with Gasteiger partial charge in [-0.1, -0.05) is 35.9 Å². The smallest absolute Gasteiger partial charge is 0.316 e. The van der Waals surface area contributed by atoms with Gasteiger partial charge in [-0.25, -0.2) is 0 Å². The first-order chi connectivity index (χ1) is 13.1. The molecule has 1 aliphatic heterocycles. The van der Waals surface area contributed by atoms with Crippen LogP contribution < -0.4 is 14.8 Å². The number of halogens is 1. The van der Waals surface area contributed by atoms with Crippen molar-refractivity contribution in [3.63, 3.8) is 0 Å². The summed E-state index contributed by atoms with van der Waals surface area (Å²) in [5.41, 5.74) is 1.83. The van der Waals surface area contributed by atoms with Crippen LogP contribution >= 0.6 is 23.4 Å². The second kappa shape index (κ2) is 9.53. The van der Waals surface area contributed by atoms with E-state index in [9.17, 15) is 9.59 Å². The fourth-order valence-electron chi connectivity index (χ4n) is 2.35. The summed E-state index contributed by atoms with van der Waals surface area (Å²) < 4.78 is 15.5. The van der Waals surface area contributed by atoms with Crippen molar-refractivity contribution >= 4 is 35.2 Å². The molecule has 0 fully saturated rings. The second-order valence-corrected chi connectivity index (χ2v) is 7.10. The van der Waals surface area contributed by atoms with E-state index in [0.717, 1.165) is 11.1 Å². The minimum atomic E-state index is -0.440. The molecule has 0 unspecified atom stereocenters. The molecule has 0 atom stereocenters. The summed E-state index contributed by atoms with van der Waals surface area (Å²) in [6.07, 6.45) is 0. The highest BCUT2D eigenvalue weighted by Gasteiger charge is 2.14. The largest absolute Gasteiger partial charge is 0.455 e. The van der Waals surface area contributed by atoms with Crippen LogP contribution in [0.1, 0.15) is 11.1 Å². The third kappa shape index (κ3) is 5.80. The summed E-state index contributed by atoms with van der Waals surface area (Å²) in [7, 11) is 0. The Kier molecular flexibility index (Phi) is 6.84. The minimum absolute atomic E-state index is 0.153. The van der Waals surface area contributed by atoms with Gasteiger partial charge in [0, 0.05) is 17.3 Å². The number of benzene rings is 2. The standard InChI is InChI=1S/C19H18ClNO5S/c20-15-4-2-1-3-14(15)10-27-11-19(23)24-9-18(22)21-8-13-5-6-16-17(7-13)26-12-25-16/h1-7H,8-12H2,(H,21,22). The first-order valence-electron chi connectivity index (χ1n) is 8.24. The lowest BCUT2D eigenvalue weighted by Crippen LogP contribution is -2.28. The Morgan fingerprint density at radius 2 is 1.96 bits per heavy atom. The number of nitrogens with one attached hydrogen (secondary N) is 1. The van der Waals surface area contributed by atoms with E-state index in [-0.39, 0.29) is 25.1 Å². The topological polar surface area (TPSA) is 73.9 Å². The van der Waals surface area contributed by atoms with Gasteiger partial charge in [0.05, 0.1) is 5.75 Å². The average molecular weight is 408 g/mol. The van der Waals surface area contributed by atoms with Crippen molar-refractivity contribution in [1.82, 2.24) is 5.32 Å². The van der Waals surface area contributed by atoms with Crippen LogP contribution in [0.5, 0.6) is 11.5 Å². The summed E-state index contributed by atoms with van der Waals surface area (Å²) in [6, 6.07) is 12.9. The van der Waals surface area contributed by atoms with E-state index < -0.39 is 5.97 Å². The number of hydrogen-bond donors (Lipinski definition) is 1.